The van der Waals surface area contributed by atoms with Crippen LogP contribution in [0.4, 0.5) is 0 Å². The Balaban J connectivity index is 1.79. The number of benzene rings is 1. The van der Waals surface area contributed by atoms with E-state index in [-0.39, 0.29) is 11.6 Å². The monoisotopic (exact) mass is 272 g/mol. The molecule has 1 aliphatic carbocycles. The lowest BCUT2D eigenvalue weighted by molar-refractivity contribution is 0.0947. The highest BCUT2D eigenvalue weighted by molar-refractivity contribution is 5.96. The Bertz CT molecular complexity index is 704. The first-order valence-corrected chi connectivity index (χ1v) is 6.72. The number of rotatable bonds is 4. The van der Waals surface area contributed by atoms with E-state index in [1.165, 1.54) is 0 Å². The van der Waals surface area contributed by atoms with Crippen LogP contribution in [0.2, 0.25) is 0 Å². The molecule has 1 atom stereocenters. The first kappa shape index (κ1) is 12.9. The Morgan fingerprint density at radius 1 is 1.40 bits per heavy atom. The smallest absolute Gasteiger partial charge is 0.349 e. The summed E-state index contributed by atoms with van der Waals surface area (Å²) in [4.78, 5) is 23.8. The maximum Gasteiger partial charge on any atom is 0.349 e. The second-order valence-corrected chi connectivity index (χ2v) is 5.20. The van der Waals surface area contributed by atoms with Crippen LogP contribution in [0.1, 0.15) is 23.2 Å². The molecular weight excluding hydrogens is 256 g/mol. The Labute approximate surface area is 115 Å². The van der Waals surface area contributed by atoms with E-state index in [0.717, 1.165) is 18.2 Å². The van der Waals surface area contributed by atoms with E-state index >= 15 is 0 Å². The number of fused-ring (bicyclic) bond motifs is 1. The number of carbonyl (C=O) groups excluding carboxylic acids is 1. The molecule has 1 aromatic carbocycles. The molecule has 0 bridgehead atoms. The molecule has 1 aromatic heterocycles. The lowest BCUT2D eigenvalue weighted by Gasteiger charge is -2.11. The van der Waals surface area contributed by atoms with Crippen LogP contribution in [-0.4, -0.2) is 18.5 Å². The van der Waals surface area contributed by atoms with E-state index in [9.17, 15) is 9.59 Å². The Kier molecular flexibility index (Phi) is 3.28. The van der Waals surface area contributed by atoms with Gasteiger partial charge in [0.05, 0.1) is 0 Å². The zero-order valence-corrected chi connectivity index (χ0v) is 11.0. The molecule has 0 spiro atoms. The summed E-state index contributed by atoms with van der Waals surface area (Å²) in [5.41, 5.74) is 5.79. The van der Waals surface area contributed by atoms with Crippen molar-refractivity contribution in [2.45, 2.75) is 18.9 Å². The molecule has 1 aliphatic rings. The van der Waals surface area contributed by atoms with E-state index in [4.69, 9.17) is 10.2 Å². The van der Waals surface area contributed by atoms with Crippen LogP contribution in [0.5, 0.6) is 0 Å². The van der Waals surface area contributed by atoms with Gasteiger partial charge in [-0.25, -0.2) is 4.79 Å². The topological polar surface area (TPSA) is 85.3 Å². The Morgan fingerprint density at radius 2 is 2.15 bits per heavy atom. The molecule has 0 radical (unpaired) electrons. The summed E-state index contributed by atoms with van der Waals surface area (Å²) in [5.74, 6) is 0.0731. The van der Waals surface area contributed by atoms with E-state index < -0.39 is 11.5 Å². The van der Waals surface area contributed by atoms with Gasteiger partial charge in [-0.3, -0.25) is 4.79 Å². The van der Waals surface area contributed by atoms with Crippen molar-refractivity contribution in [2.24, 2.45) is 11.7 Å². The lowest BCUT2D eigenvalue weighted by Crippen LogP contribution is -2.39. The van der Waals surface area contributed by atoms with Gasteiger partial charge < -0.3 is 15.5 Å². The van der Waals surface area contributed by atoms with Crippen LogP contribution >= 0.6 is 0 Å². The third-order valence-corrected chi connectivity index (χ3v) is 3.61. The van der Waals surface area contributed by atoms with Gasteiger partial charge in [0.2, 0.25) is 0 Å². The number of hydrogen-bond donors (Lipinski definition) is 2. The molecule has 5 heteroatoms. The predicted molar refractivity (Wildman–Crippen MR) is 75.5 cm³/mol. The number of hydrogen-bond acceptors (Lipinski definition) is 4. The number of nitrogens with one attached hydrogen (secondary N) is 1. The summed E-state index contributed by atoms with van der Waals surface area (Å²) in [5, 5.41) is 3.43. The first-order valence-electron chi connectivity index (χ1n) is 6.72. The van der Waals surface area contributed by atoms with Crippen molar-refractivity contribution in [1.29, 1.82) is 0 Å². The molecule has 3 N–H and O–H groups in total. The molecule has 1 saturated carbocycles. The van der Waals surface area contributed by atoms with Crippen LogP contribution < -0.4 is 16.7 Å². The van der Waals surface area contributed by atoms with Gasteiger partial charge in [0.15, 0.2) is 0 Å². The molecule has 0 aliphatic heterocycles. The van der Waals surface area contributed by atoms with Gasteiger partial charge in [-0.05, 0) is 30.9 Å². The molecule has 104 valence electrons. The summed E-state index contributed by atoms with van der Waals surface area (Å²) in [6.45, 7) is 0.385. The van der Waals surface area contributed by atoms with Crippen molar-refractivity contribution in [3.8, 4) is 0 Å². The third-order valence-electron chi connectivity index (χ3n) is 3.61. The summed E-state index contributed by atoms with van der Waals surface area (Å²) >= 11 is 0. The van der Waals surface area contributed by atoms with E-state index in [0.29, 0.717) is 18.0 Å². The molecule has 1 heterocycles. The molecule has 2 aromatic rings. The van der Waals surface area contributed by atoms with Gasteiger partial charge in [-0.2, -0.15) is 0 Å². The van der Waals surface area contributed by atoms with Gasteiger partial charge in [-0.15, -0.1) is 0 Å². The summed E-state index contributed by atoms with van der Waals surface area (Å²) in [6.07, 6.45) is 2.24. The lowest BCUT2D eigenvalue weighted by atomic mass is 10.1. The van der Waals surface area contributed by atoms with Gasteiger partial charge in [0, 0.05) is 18.0 Å². The average molecular weight is 272 g/mol. The minimum Gasteiger partial charge on any atom is -0.422 e. The zero-order chi connectivity index (χ0) is 14.1. The van der Waals surface area contributed by atoms with Crippen LogP contribution in [0.15, 0.2) is 39.5 Å². The standard InChI is InChI=1S/C15H16N2O3/c16-12(9-5-6-9)8-17-14(18)11-7-10-3-1-2-4-13(10)20-15(11)19/h1-4,7,9,12H,5-6,8,16H2,(H,17,18). The quantitative estimate of drug-likeness (QED) is 0.820. The predicted octanol–water partition coefficient (Wildman–Crippen LogP) is 1.26. The van der Waals surface area contributed by atoms with Crippen molar-refractivity contribution in [2.75, 3.05) is 6.54 Å². The van der Waals surface area contributed by atoms with Crippen molar-refractivity contribution >= 4 is 16.9 Å². The third kappa shape index (κ3) is 2.58. The number of carbonyl (C=O) groups is 1. The minimum atomic E-state index is -0.624. The maximum absolute atomic E-state index is 12.0. The highest BCUT2D eigenvalue weighted by Gasteiger charge is 2.28. The molecule has 1 unspecified atom stereocenters. The van der Waals surface area contributed by atoms with Crippen LogP contribution in [0.25, 0.3) is 11.0 Å². The van der Waals surface area contributed by atoms with Crippen molar-refractivity contribution in [1.82, 2.24) is 5.32 Å². The molecule has 0 saturated heterocycles. The van der Waals surface area contributed by atoms with Gasteiger partial charge in [0.1, 0.15) is 11.1 Å². The molecule has 1 amide bonds. The maximum atomic E-state index is 12.0. The second-order valence-electron chi connectivity index (χ2n) is 5.20. The number of para-hydroxylation sites is 1. The fraction of sp³-hybridized carbons (Fsp3) is 0.333. The fourth-order valence-electron chi connectivity index (χ4n) is 2.22. The van der Waals surface area contributed by atoms with Crippen molar-refractivity contribution < 1.29 is 9.21 Å². The normalized spacial score (nSPS) is 16.1. The van der Waals surface area contributed by atoms with Crippen molar-refractivity contribution in [3.63, 3.8) is 0 Å². The first-order chi connectivity index (χ1) is 9.65. The van der Waals surface area contributed by atoms with Crippen LogP contribution in [0.3, 0.4) is 0 Å². The van der Waals surface area contributed by atoms with Crippen molar-refractivity contribution in [3.05, 3.63) is 46.3 Å². The SMILES string of the molecule is NC(CNC(=O)c1cc2ccccc2oc1=O)C1CC1. The number of nitrogens with two attached hydrogens (primary N) is 1. The Morgan fingerprint density at radius 3 is 2.90 bits per heavy atom. The zero-order valence-electron chi connectivity index (χ0n) is 11.0. The van der Waals surface area contributed by atoms with E-state index in [1.807, 2.05) is 6.07 Å². The molecular formula is C15H16N2O3. The van der Waals surface area contributed by atoms with Crippen LogP contribution in [0, 0.1) is 5.92 Å². The average Bonchev–Trinajstić information content (AvgIpc) is 3.28. The number of amides is 1. The highest BCUT2D eigenvalue weighted by atomic mass is 16.4. The van der Waals surface area contributed by atoms with Gasteiger partial charge >= 0.3 is 5.63 Å². The summed E-state index contributed by atoms with van der Waals surface area (Å²) in [7, 11) is 0. The van der Waals surface area contributed by atoms with Gasteiger partial charge in [0.25, 0.3) is 5.91 Å². The molecule has 3 rings (SSSR count). The highest BCUT2D eigenvalue weighted by Crippen LogP contribution is 2.31. The Hall–Kier alpha value is -2.14. The molecule has 20 heavy (non-hydrogen) atoms. The summed E-state index contributed by atoms with van der Waals surface area (Å²) < 4.78 is 5.13. The second kappa shape index (κ2) is 5.09. The molecule has 5 nitrogen and oxygen atoms in total. The largest absolute Gasteiger partial charge is 0.422 e. The van der Waals surface area contributed by atoms with E-state index in [1.54, 1.807) is 24.3 Å². The van der Waals surface area contributed by atoms with E-state index in [2.05, 4.69) is 5.32 Å². The molecule has 1 fully saturated rings. The fourth-order valence-corrected chi connectivity index (χ4v) is 2.22. The minimum absolute atomic E-state index is 0.0201. The summed E-state index contributed by atoms with van der Waals surface area (Å²) in [6, 6.07) is 8.62. The van der Waals surface area contributed by atoms with Gasteiger partial charge in [-0.1, -0.05) is 18.2 Å². The van der Waals surface area contributed by atoms with Crippen LogP contribution in [-0.2, 0) is 0 Å².